The maximum absolute atomic E-state index is 5.54. The van der Waals surface area contributed by atoms with Crippen LogP contribution in [-0.2, 0) is 6.42 Å². The van der Waals surface area contributed by atoms with Crippen LogP contribution in [0.5, 0.6) is 0 Å². The van der Waals surface area contributed by atoms with Crippen LogP contribution in [0.2, 0.25) is 0 Å². The number of nitrogens with one attached hydrogen (secondary N) is 1. The molecule has 0 aliphatic carbocycles. The second-order valence-corrected chi connectivity index (χ2v) is 4.48. The Morgan fingerprint density at radius 3 is 2.81 bits per heavy atom. The van der Waals surface area contributed by atoms with Gasteiger partial charge in [-0.3, -0.25) is 0 Å². The van der Waals surface area contributed by atoms with Crippen molar-refractivity contribution < 1.29 is 0 Å². The molecule has 0 radical (unpaired) electrons. The first-order valence-corrected chi connectivity index (χ1v) is 6.00. The molecule has 0 bridgehead atoms. The lowest BCUT2D eigenvalue weighted by Gasteiger charge is -2.11. The van der Waals surface area contributed by atoms with Gasteiger partial charge in [-0.05, 0) is 73.9 Å². The van der Waals surface area contributed by atoms with E-state index in [-0.39, 0.29) is 0 Å². The Kier molecular flexibility index (Phi) is 3.30. The highest BCUT2D eigenvalue weighted by Gasteiger charge is 2.07. The molecule has 1 aromatic heterocycles. The van der Waals surface area contributed by atoms with Crippen LogP contribution < -0.4 is 5.73 Å². The van der Waals surface area contributed by atoms with Gasteiger partial charge in [-0.25, -0.2) is 0 Å². The third-order valence-corrected chi connectivity index (χ3v) is 3.34. The van der Waals surface area contributed by atoms with E-state index < -0.39 is 0 Å². The van der Waals surface area contributed by atoms with Gasteiger partial charge < -0.3 is 10.7 Å². The van der Waals surface area contributed by atoms with Crippen molar-refractivity contribution in [2.75, 3.05) is 6.54 Å². The first kappa shape index (κ1) is 11.2. The maximum Gasteiger partial charge on any atom is 0.0486 e. The zero-order valence-electron chi connectivity index (χ0n) is 10.1. The fourth-order valence-corrected chi connectivity index (χ4v) is 2.42. The van der Waals surface area contributed by atoms with Crippen molar-refractivity contribution in [1.82, 2.24) is 4.98 Å². The Morgan fingerprint density at radius 2 is 2.06 bits per heavy atom. The number of hydrogen-bond acceptors (Lipinski definition) is 1. The molecule has 0 fully saturated rings. The molecule has 1 heterocycles. The molecule has 0 unspecified atom stereocenters. The summed E-state index contributed by atoms with van der Waals surface area (Å²) >= 11 is 0. The van der Waals surface area contributed by atoms with Gasteiger partial charge in [0.15, 0.2) is 0 Å². The lowest BCUT2D eigenvalue weighted by Crippen LogP contribution is -2.01. The van der Waals surface area contributed by atoms with E-state index in [1.54, 1.807) is 0 Å². The van der Waals surface area contributed by atoms with Crippen molar-refractivity contribution in [2.45, 2.75) is 33.1 Å². The molecule has 0 saturated heterocycles. The Bertz CT molecular complexity index is 483. The second kappa shape index (κ2) is 4.71. The molecule has 16 heavy (non-hydrogen) atoms. The monoisotopic (exact) mass is 216 g/mol. The van der Waals surface area contributed by atoms with Gasteiger partial charge in [0.05, 0.1) is 0 Å². The van der Waals surface area contributed by atoms with Crippen molar-refractivity contribution >= 4 is 10.9 Å². The van der Waals surface area contributed by atoms with Gasteiger partial charge in [0.2, 0.25) is 0 Å². The van der Waals surface area contributed by atoms with E-state index in [2.05, 4.69) is 31.0 Å². The molecule has 2 nitrogen and oxygen atoms in total. The Morgan fingerprint density at radius 1 is 1.25 bits per heavy atom. The fraction of sp³-hybridized carbons (Fsp3) is 0.429. The van der Waals surface area contributed by atoms with Crippen LogP contribution in [0.1, 0.15) is 29.5 Å². The van der Waals surface area contributed by atoms with Crippen molar-refractivity contribution in [2.24, 2.45) is 5.73 Å². The number of rotatable bonds is 4. The van der Waals surface area contributed by atoms with Crippen LogP contribution in [0, 0.1) is 13.8 Å². The summed E-state index contributed by atoms with van der Waals surface area (Å²) in [5.74, 6) is 0. The molecule has 86 valence electrons. The average molecular weight is 216 g/mol. The highest BCUT2D eigenvalue weighted by atomic mass is 14.7. The molecule has 0 saturated carbocycles. The predicted octanol–water partition coefficient (Wildman–Crippen LogP) is 3.07. The number of H-pyrrole nitrogens is 1. The normalized spacial score (nSPS) is 11.2. The zero-order chi connectivity index (χ0) is 11.5. The topological polar surface area (TPSA) is 41.8 Å². The van der Waals surface area contributed by atoms with Crippen LogP contribution >= 0.6 is 0 Å². The molecule has 0 aliphatic heterocycles. The summed E-state index contributed by atoms with van der Waals surface area (Å²) in [4.78, 5) is 3.32. The molecular weight excluding hydrogens is 196 g/mol. The minimum atomic E-state index is 0.794. The summed E-state index contributed by atoms with van der Waals surface area (Å²) < 4.78 is 0. The smallest absolute Gasteiger partial charge is 0.0486 e. The Balaban J connectivity index is 2.35. The first-order valence-electron chi connectivity index (χ1n) is 6.00. The third kappa shape index (κ3) is 1.98. The van der Waals surface area contributed by atoms with E-state index in [0.29, 0.717) is 0 Å². The van der Waals surface area contributed by atoms with E-state index in [9.17, 15) is 0 Å². The fourth-order valence-electron chi connectivity index (χ4n) is 2.42. The summed E-state index contributed by atoms with van der Waals surface area (Å²) in [6, 6.07) is 4.41. The van der Waals surface area contributed by atoms with Crippen LogP contribution in [-0.4, -0.2) is 11.5 Å². The average Bonchev–Trinajstić information content (AvgIpc) is 2.71. The SMILES string of the molecule is Cc1cc2cc[nH]c2c(C)c1CCCCN. The van der Waals surface area contributed by atoms with Gasteiger partial charge in [-0.15, -0.1) is 0 Å². The van der Waals surface area contributed by atoms with Crippen LogP contribution in [0.25, 0.3) is 10.9 Å². The van der Waals surface area contributed by atoms with E-state index in [0.717, 1.165) is 19.4 Å². The molecule has 0 aliphatic rings. The first-order chi connectivity index (χ1) is 7.74. The predicted molar refractivity (Wildman–Crippen MR) is 69.8 cm³/mol. The Labute approximate surface area is 96.9 Å². The number of hydrogen-bond donors (Lipinski definition) is 2. The molecule has 0 amide bonds. The molecule has 0 atom stereocenters. The van der Waals surface area contributed by atoms with E-state index in [1.807, 2.05) is 6.20 Å². The van der Waals surface area contributed by atoms with E-state index in [1.165, 1.54) is 34.0 Å². The van der Waals surface area contributed by atoms with Gasteiger partial charge in [-0.2, -0.15) is 0 Å². The lowest BCUT2D eigenvalue weighted by molar-refractivity contribution is 0.740. The highest BCUT2D eigenvalue weighted by molar-refractivity contribution is 5.84. The summed E-state index contributed by atoms with van der Waals surface area (Å²) in [7, 11) is 0. The van der Waals surface area contributed by atoms with E-state index in [4.69, 9.17) is 5.73 Å². The summed E-state index contributed by atoms with van der Waals surface area (Å²) in [6.45, 7) is 5.21. The van der Waals surface area contributed by atoms with Crippen molar-refractivity contribution in [3.63, 3.8) is 0 Å². The minimum Gasteiger partial charge on any atom is -0.361 e. The second-order valence-electron chi connectivity index (χ2n) is 4.48. The number of aromatic nitrogens is 1. The van der Waals surface area contributed by atoms with Crippen molar-refractivity contribution in [1.29, 1.82) is 0 Å². The number of benzene rings is 1. The minimum absolute atomic E-state index is 0.794. The zero-order valence-corrected chi connectivity index (χ0v) is 10.1. The maximum atomic E-state index is 5.54. The molecule has 0 spiro atoms. The molecular formula is C14H20N2. The van der Waals surface area contributed by atoms with Gasteiger partial charge >= 0.3 is 0 Å². The molecule has 2 heteroatoms. The van der Waals surface area contributed by atoms with Gasteiger partial charge in [0, 0.05) is 11.7 Å². The van der Waals surface area contributed by atoms with Crippen LogP contribution in [0.3, 0.4) is 0 Å². The van der Waals surface area contributed by atoms with Gasteiger partial charge in [0.1, 0.15) is 0 Å². The van der Waals surface area contributed by atoms with Crippen molar-refractivity contribution in [3.8, 4) is 0 Å². The third-order valence-electron chi connectivity index (χ3n) is 3.34. The standard InChI is InChI=1S/C14H20N2/c1-10-9-12-6-8-16-14(12)11(2)13(10)5-3-4-7-15/h6,8-9,16H,3-5,7,15H2,1-2H3. The largest absolute Gasteiger partial charge is 0.361 e. The van der Waals surface area contributed by atoms with Crippen LogP contribution in [0.15, 0.2) is 18.3 Å². The molecule has 1 aromatic carbocycles. The number of unbranched alkanes of at least 4 members (excludes halogenated alkanes) is 1. The molecule has 2 aromatic rings. The number of aryl methyl sites for hydroxylation is 2. The summed E-state index contributed by atoms with van der Waals surface area (Å²) in [5, 5.41) is 1.32. The lowest BCUT2D eigenvalue weighted by atomic mass is 9.95. The van der Waals surface area contributed by atoms with Gasteiger partial charge in [-0.1, -0.05) is 0 Å². The van der Waals surface area contributed by atoms with Crippen molar-refractivity contribution in [3.05, 3.63) is 35.0 Å². The number of fused-ring (bicyclic) bond motifs is 1. The quantitative estimate of drug-likeness (QED) is 0.758. The number of aromatic amines is 1. The highest BCUT2D eigenvalue weighted by Crippen LogP contribution is 2.25. The molecule has 3 N–H and O–H groups in total. The molecule has 2 rings (SSSR count). The Hall–Kier alpha value is -1.28. The summed E-state index contributed by atoms with van der Waals surface area (Å²) in [5.41, 5.74) is 11.1. The van der Waals surface area contributed by atoms with Gasteiger partial charge in [0.25, 0.3) is 0 Å². The van der Waals surface area contributed by atoms with E-state index >= 15 is 0 Å². The number of nitrogens with two attached hydrogens (primary N) is 1. The van der Waals surface area contributed by atoms with Crippen LogP contribution in [0.4, 0.5) is 0 Å². The summed E-state index contributed by atoms with van der Waals surface area (Å²) in [6.07, 6.45) is 5.45.